The predicted octanol–water partition coefficient (Wildman–Crippen LogP) is 0.775. The summed E-state index contributed by atoms with van der Waals surface area (Å²) in [5.74, 6) is 0.123. The first-order chi connectivity index (χ1) is 15.5. The van der Waals surface area contributed by atoms with Gasteiger partial charge in [0.2, 0.25) is 5.95 Å². The van der Waals surface area contributed by atoms with E-state index in [1.807, 2.05) is 0 Å². The van der Waals surface area contributed by atoms with Gasteiger partial charge in [-0.25, -0.2) is 4.98 Å². The molecule has 9 heteroatoms. The molecule has 2 fully saturated rings. The Morgan fingerprint density at radius 1 is 1.06 bits per heavy atom. The lowest BCUT2D eigenvalue weighted by atomic mass is 10.1. The molecule has 32 heavy (non-hydrogen) atoms. The lowest BCUT2D eigenvalue weighted by Crippen LogP contribution is -2.47. The number of aromatic nitrogens is 2. The summed E-state index contributed by atoms with van der Waals surface area (Å²) in [5.41, 5.74) is 3.44. The largest absolute Gasteiger partial charge is 0.379 e. The van der Waals surface area contributed by atoms with E-state index in [-0.39, 0.29) is 5.56 Å². The van der Waals surface area contributed by atoms with Crippen LogP contribution in [0.25, 0.3) is 0 Å². The van der Waals surface area contributed by atoms with E-state index >= 15 is 0 Å². The lowest BCUT2D eigenvalue weighted by Gasteiger charge is -2.36. The van der Waals surface area contributed by atoms with E-state index < -0.39 is 11.5 Å². The first kappa shape index (κ1) is 22.3. The average Bonchev–Trinajstić information content (AvgIpc) is 2.81. The number of nitrogens with one attached hydrogen (secondary N) is 2. The van der Waals surface area contributed by atoms with Gasteiger partial charge < -0.3 is 19.9 Å². The Balaban J connectivity index is 1.30. The molecule has 1 amide bonds. The molecular weight excluding hydrogens is 408 g/mol. The number of morpholine rings is 1. The maximum atomic E-state index is 12.5. The molecule has 0 unspecified atom stereocenters. The van der Waals surface area contributed by atoms with Crippen LogP contribution in [0.2, 0.25) is 0 Å². The minimum atomic E-state index is -0.407. The van der Waals surface area contributed by atoms with Crippen LogP contribution in [0.5, 0.6) is 0 Å². The Kier molecular flexibility index (Phi) is 7.06. The van der Waals surface area contributed by atoms with Crippen LogP contribution < -0.4 is 20.7 Å². The molecule has 172 valence electrons. The number of nitrogens with zero attached hydrogens (tertiary/aromatic N) is 4. The summed E-state index contributed by atoms with van der Waals surface area (Å²) < 4.78 is 5.32. The molecule has 0 bridgehead atoms. The van der Waals surface area contributed by atoms with Crippen LogP contribution in [0.4, 0.5) is 11.6 Å². The highest BCUT2D eigenvalue weighted by Crippen LogP contribution is 2.21. The number of benzene rings is 1. The molecule has 2 aromatic rings. The Morgan fingerprint density at radius 2 is 1.78 bits per heavy atom. The third-order valence-corrected chi connectivity index (χ3v) is 6.28. The van der Waals surface area contributed by atoms with Gasteiger partial charge in [-0.05, 0) is 37.1 Å². The third-order valence-electron chi connectivity index (χ3n) is 6.28. The fourth-order valence-electron chi connectivity index (χ4n) is 4.05. The Labute approximate surface area is 188 Å². The number of rotatable bonds is 6. The summed E-state index contributed by atoms with van der Waals surface area (Å²) >= 11 is 0. The number of ether oxygens (including phenoxy) is 1. The van der Waals surface area contributed by atoms with E-state index in [1.54, 1.807) is 0 Å². The molecule has 2 aliphatic rings. The van der Waals surface area contributed by atoms with Crippen molar-refractivity contribution in [1.82, 2.24) is 20.2 Å². The number of carbonyl (C=O) groups is 1. The van der Waals surface area contributed by atoms with Crippen LogP contribution in [-0.2, 0) is 4.74 Å². The number of H-pyrrole nitrogens is 1. The summed E-state index contributed by atoms with van der Waals surface area (Å²) in [7, 11) is 0. The van der Waals surface area contributed by atoms with Crippen LogP contribution in [0, 0.1) is 13.8 Å². The number of carbonyl (C=O) groups excluding carboxylic acids is 1. The number of anilines is 2. The molecule has 0 aliphatic carbocycles. The molecule has 1 aromatic carbocycles. The van der Waals surface area contributed by atoms with Crippen molar-refractivity contribution in [2.75, 3.05) is 75.4 Å². The zero-order valence-electron chi connectivity index (χ0n) is 18.9. The quantitative estimate of drug-likeness (QED) is 0.686. The van der Waals surface area contributed by atoms with Crippen molar-refractivity contribution in [3.05, 3.63) is 51.4 Å². The van der Waals surface area contributed by atoms with Gasteiger partial charge in [0.05, 0.1) is 13.2 Å². The smallest absolute Gasteiger partial charge is 0.265 e. The van der Waals surface area contributed by atoms with Crippen LogP contribution in [0.1, 0.15) is 21.5 Å². The molecular formula is C23H32N6O3. The van der Waals surface area contributed by atoms with E-state index in [4.69, 9.17) is 4.74 Å². The Hall–Kier alpha value is -2.91. The second kappa shape index (κ2) is 10.1. The van der Waals surface area contributed by atoms with Gasteiger partial charge in [0.25, 0.3) is 11.5 Å². The molecule has 2 N–H and O–H groups in total. The van der Waals surface area contributed by atoms with Crippen molar-refractivity contribution in [1.29, 1.82) is 0 Å². The summed E-state index contributed by atoms with van der Waals surface area (Å²) in [4.78, 5) is 38.7. The number of aromatic amines is 1. The summed E-state index contributed by atoms with van der Waals surface area (Å²) in [5, 5.41) is 2.82. The molecule has 0 spiro atoms. The van der Waals surface area contributed by atoms with E-state index in [1.165, 1.54) is 23.0 Å². The second-order valence-corrected chi connectivity index (χ2v) is 8.40. The minimum Gasteiger partial charge on any atom is -0.379 e. The van der Waals surface area contributed by atoms with Crippen molar-refractivity contribution < 1.29 is 9.53 Å². The number of amides is 1. The monoisotopic (exact) mass is 440 g/mol. The highest BCUT2D eigenvalue weighted by Gasteiger charge is 2.21. The van der Waals surface area contributed by atoms with Gasteiger partial charge in [-0.2, -0.15) is 0 Å². The topological polar surface area (TPSA) is 93.8 Å². The standard InChI is InChI=1S/C23H32N6O3/c1-17-3-4-19(15-18(17)2)28-7-9-29(10-8-28)23-25-16-20(22(31)26-23)21(30)24-5-6-27-11-13-32-14-12-27/h3-4,15-16H,5-14H2,1-2H3,(H,24,30)(H,25,26,31). The zero-order valence-corrected chi connectivity index (χ0v) is 18.9. The Bertz CT molecular complexity index is 993. The third kappa shape index (κ3) is 5.28. The van der Waals surface area contributed by atoms with Crippen LogP contribution in [-0.4, -0.2) is 86.3 Å². The molecule has 2 saturated heterocycles. The average molecular weight is 441 g/mol. The SMILES string of the molecule is Cc1ccc(N2CCN(c3ncc(C(=O)NCCN4CCOCC4)c(=O)[nH]3)CC2)cc1C. The van der Waals surface area contributed by atoms with Crippen LogP contribution >= 0.6 is 0 Å². The van der Waals surface area contributed by atoms with Gasteiger partial charge in [-0.3, -0.25) is 19.5 Å². The predicted molar refractivity (Wildman–Crippen MR) is 125 cm³/mol. The van der Waals surface area contributed by atoms with Gasteiger partial charge in [0, 0.05) is 64.2 Å². The fourth-order valence-corrected chi connectivity index (χ4v) is 4.05. The van der Waals surface area contributed by atoms with E-state index in [2.05, 4.69) is 62.0 Å². The Morgan fingerprint density at radius 3 is 2.47 bits per heavy atom. The summed E-state index contributed by atoms with van der Waals surface area (Å²) in [6.45, 7) is 11.8. The first-order valence-corrected chi connectivity index (χ1v) is 11.3. The lowest BCUT2D eigenvalue weighted by molar-refractivity contribution is 0.0383. The van der Waals surface area contributed by atoms with E-state index in [0.29, 0.717) is 12.5 Å². The number of hydrogen-bond acceptors (Lipinski definition) is 7. The summed E-state index contributed by atoms with van der Waals surface area (Å²) in [6, 6.07) is 6.53. The van der Waals surface area contributed by atoms with Crippen molar-refractivity contribution in [3.63, 3.8) is 0 Å². The number of aryl methyl sites for hydroxylation is 2. The van der Waals surface area contributed by atoms with E-state index in [9.17, 15) is 9.59 Å². The minimum absolute atomic E-state index is 0.0458. The molecule has 9 nitrogen and oxygen atoms in total. The zero-order chi connectivity index (χ0) is 22.5. The van der Waals surface area contributed by atoms with E-state index in [0.717, 1.165) is 59.0 Å². The fraction of sp³-hybridized carbons (Fsp3) is 0.522. The molecule has 0 atom stereocenters. The first-order valence-electron chi connectivity index (χ1n) is 11.3. The van der Waals surface area contributed by atoms with Crippen molar-refractivity contribution in [3.8, 4) is 0 Å². The summed E-state index contributed by atoms with van der Waals surface area (Å²) in [6.07, 6.45) is 1.38. The van der Waals surface area contributed by atoms with Gasteiger partial charge in [-0.15, -0.1) is 0 Å². The molecule has 3 heterocycles. The van der Waals surface area contributed by atoms with Crippen molar-refractivity contribution in [2.24, 2.45) is 0 Å². The van der Waals surface area contributed by atoms with Gasteiger partial charge >= 0.3 is 0 Å². The van der Waals surface area contributed by atoms with Gasteiger partial charge in [0.15, 0.2) is 0 Å². The van der Waals surface area contributed by atoms with Crippen LogP contribution in [0.15, 0.2) is 29.2 Å². The molecule has 0 radical (unpaired) electrons. The second-order valence-electron chi connectivity index (χ2n) is 8.40. The van der Waals surface area contributed by atoms with Crippen LogP contribution in [0.3, 0.4) is 0 Å². The molecule has 4 rings (SSSR count). The molecule has 2 aliphatic heterocycles. The van der Waals surface area contributed by atoms with Gasteiger partial charge in [0.1, 0.15) is 5.56 Å². The maximum absolute atomic E-state index is 12.5. The number of hydrogen-bond donors (Lipinski definition) is 2. The van der Waals surface area contributed by atoms with Crippen molar-refractivity contribution in [2.45, 2.75) is 13.8 Å². The highest BCUT2D eigenvalue weighted by molar-refractivity contribution is 5.93. The van der Waals surface area contributed by atoms with Crippen molar-refractivity contribution >= 4 is 17.5 Å². The molecule has 1 aromatic heterocycles. The highest BCUT2D eigenvalue weighted by atomic mass is 16.5. The molecule has 0 saturated carbocycles. The number of piperazine rings is 1. The maximum Gasteiger partial charge on any atom is 0.265 e. The van der Waals surface area contributed by atoms with Gasteiger partial charge in [-0.1, -0.05) is 6.07 Å². The normalized spacial score (nSPS) is 17.4.